The predicted octanol–water partition coefficient (Wildman–Crippen LogP) is 3.92. The van der Waals surface area contributed by atoms with E-state index >= 15 is 0 Å². The van der Waals surface area contributed by atoms with Gasteiger partial charge in [0.2, 0.25) is 0 Å². The molecule has 3 heterocycles. The fourth-order valence-corrected chi connectivity index (χ4v) is 4.67. The van der Waals surface area contributed by atoms with Crippen LogP contribution in [0.2, 0.25) is 0 Å². The van der Waals surface area contributed by atoms with Crippen LogP contribution in [0.25, 0.3) is 0 Å². The number of likely N-dealkylation sites (N-methyl/N-ethyl adjacent to an activating group) is 1. The third-order valence-electron chi connectivity index (χ3n) is 6.20. The molecule has 0 spiro atoms. The number of hydrogen-bond donors (Lipinski definition) is 0. The Balaban J connectivity index is 1.91. The van der Waals surface area contributed by atoms with E-state index < -0.39 is 40.1 Å². The number of nitriles is 1. The lowest BCUT2D eigenvalue weighted by Gasteiger charge is -2.30. The second-order valence-electron chi connectivity index (χ2n) is 8.35. The molecule has 31 heavy (non-hydrogen) atoms. The maximum Gasteiger partial charge on any atom is 0.418 e. The predicted molar refractivity (Wildman–Crippen MR) is 108 cm³/mol. The molecule has 3 aliphatic rings. The van der Waals surface area contributed by atoms with Gasteiger partial charge in [-0.25, -0.2) is 0 Å². The molecule has 0 saturated carbocycles. The largest absolute Gasteiger partial charge is 0.418 e. The van der Waals surface area contributed by atoms with E-state index in [0.717, 1.165) is 49.5 Å². The summed E-state index contributed by atoms with van der Waals surface area (Å²) in [7, 11) is 1.07. The molecule has 8 heteroatoms. The van der Waals surface area contributed by atoms with Gasteiger partial charge in [0.1, 0.15) is 11.6 Å². The second-order valence-corrected chi connectivity index (χ2v) is 8.35. The van der Waals surface area contributed by atoms with Crippen LogP contribution in [0, 0.1) is 11.3 Å². The number of nitrogens with zero attached hydrogens (tertiary/aromatic N) is 3. The van der Waals surface area contributed by atoms with Crippen LogP contribution < -0.4 is 4.90 Å². The van der Waals surface area contributed by atoms with Crippen molar-refractivity contribution in [1.29, 1.82) is 5.26 Å². The third-order valence-corrected chi connectivity index (χ3v) is 6.20. The molecule has 0 saturated heterocycles. The fraction of sp³-hybridized carbons (Fsp3) is 0.348. The molecule has 3 aliphatic heterocycles. The average Bonchev–Trinajstić information content (AvgIpc) is 2.93. The topological polar surface area (TPSA) is 64.4 Å². The van der Waals surface area contributed by atoms with Gasteiger partial charge in [-0.3, -0.25) is 14.5 Å². The molecule has 0 atom stereocenters. The van der Waals surface area contributed by atoms with Crippen molar-refractivity contribution >= 4 is 17.5 Å². The number of aryl methyl sites for hydroxylation is 1. The maximum atomic E-state index is 13.8. The molecule has 5 nitrogen and oxygen atoms in total. The standard InChI is InChI=1S/C23H20F3N3O2/c1-22(2)16-8-4-6-13-7-5-11-29(19(13)16)17(22)10-9-14-18(23(24,25)26)15(12-27)21(31)28(3)20(14)30/h4,6,8-10H,5,7,11H2,1-3H3/b14-9+,17-10-. The first-order valence-corrected chi connectivity index (χ1v) is 9.86. The molecule has 0 radical (unpaired) electrons. The second kappa shape index (κ2) is 6.84. The summed E-state index contributed by atoms with van der Waals surface area (Å²) in [6.07, 6.45) is -0.561. The van der Waals surface area contributed by atoms with E-state index in [1.807, 2.05) is 26.0 Å². The molecule has 1 aromatic rings. The van der Waals surface area contributed by atoms with Crippen molar-refractivity contribution in [2.24, 2.45) is 0 Å². The van der Waals surface area contributed by atoms with Gasteiger partial charge in [-0.05, 0) is 36.1 Å². The highest BCUT2D eigenvalue weighted by molar-refractivity contribution is 6.18. The minimum Gasteiger partial charge on any atom is -0.344 e. The Morgan fingerprint density at radius 2 is 1.87 bits per heavy atom. The number of benzene rings is 1. The zero-order valence-electron chi connectivity index (χ0n) is 17.3. The summed E-state index contributed by atoms with van der Waals surface area (Å²) in [5.74, 6) is -2.33. The fourth-order valence-electron chi connectivity index (χ4n) is 4.67. The van der Waals surface area contributed by atoms with Crippen LogP contribution in [-0.4, -0.2) is 36.5 Å². The first-order chi connectivity index (χ1) is 14.5. The molecule has 0 N–H and O–H groups in total. The molecule has 1 aromatic carbocycles. The minimum atomic E-state index is -5.02. The zero-order chi connectivity index (χ0) is 22.7. The number of amides is 2. The lowest BCUT2D eigenvalue weighted by Crippen LogP contribution is -2.42. The highest BCUT2D eigenvalue weighted by Gasteiger charge is 2.48. The van der Waals surface area contributed by atoms with Gasteiger partial charge >= 0.3 is 6.18 Å². The Kier molecular flexibility index (Phi) is 4.61. The molecule has 2 amide bonds. The molecule has 160 valence electrons. The van der Waals surface area contributed by atoms with Crippen molar-refractivity contribution in [1.82, 2.24) is 4.90 Å². The first kappa shape index (κ1) is 20.9. The summed E-state index contributed by atoms with van der Waals surface area (Å²) in [6, 6.07) is 7.38. The van der Waals surface area contributed by atoms with Crippen LogP contribution in [0.4, 0.5) is 18.9 Å². The van der Waals surface area contributed by atoms with Gasteiger partial charge in [-0.1, -0.05) is 32.0 Å². The molecule has 0 fully saturated rings. The van der Waals surface area contributed by atoms with Crippen molar-refractivity contribution < 1.29 is 22.8 Å². The van der Waals surface area contributed by atoms with Crippen molar-refractivity contribution in [3.8, 4) is 6.07 Å². The zero-order valence-corrected chi connectivity index (χ0v) is 17.3. The third kappa shape index (κ3) is 2.99. The minimum absolute atomic E-state index is 0.480. The van der Waals surface area contributed by atoms with Gasteiger partial charge in [-0.2, -0.15) is 18.4 Å². The van der Waals surface area contributed by atoms with Crippen LogP contribution in [0.1, 0.15) is 31.4 Å². The van der Waals surface area contributed by atoms with Gasteiger partial charge in [0.15, 0.2) is 0 Å². The van der Waals surface area contributed by atoms with Crippen molar-refractivity contribution in [3.63, 3.8) is 0 Å². The number of carbonyl (C=O) groups excluding carboxylic acids is 2. The SMILES string of the molecule is CN1C(=O)C(C#N)=C(C(F)(F)F)/C(=C\C=C2/N3CCCc4cccc(c43)C2(C)C)C1=O. The molecule has 0 bridgehead atoms. The van der Waals surface area contributed by atoms with Gasteiger partial charge in [0.05, 0.1) is 11.1 Å². The average molecular weight is 427 g/mol. The van der Waals surface area contributed by atoms with E-state index in [9.17, 15) is 28.0 Å². The van der Waals surface area contributed by atoms with E-state index in [0.29, 0.717) is 4.90 Å². The van der Waals surface area contributed by atoms with Crippen LogP contribution in [0.15, 0.2) is 52.8 Å². The Labute approximate surface area is 177 Å². The first-order valence-electron chi connectivity index (χ1n) is 9.86. The number of alkyl halides is 3. The molecule has 0 aromatic heterocycles. The van der Waals surface area contributed by atoms with Gasteiger partial charge < -0.3 is 4.90 Å². The molecular formula is C23H20F3N3O2. The lowest BCUT2D eigenvalue weighted by atomic mass is 9.83. The summed E-state index contributed by atoms with van der Waals surface area (Å²) in [5.41, 5.74) is 0.385. The summed E-state index contributed by atoms with van der Waals surface area (Å²) < 4.78 is 41.3. The number of halogens is 3. The van der Waals surface area contributed by atoms with Crippen LogP contribution in [0.5, 0.6) is 0 Å². The molecule has 4 rings (SSSR count). The summed E-state index contributed by atoms with van der Waals surface area (Å²) >= 11 is 0. The molecule has 0 unspecified atom stereocenters. The van der Waals surface area contributed by atoms with Crippen LogP contribution >= 0.6 is 0 Å². The van der Waals surface area contributed by atoms with Gasteiger partial charge in [0.25, 0.3) is 11.8 Å². The van der Waals surface area contributed by atoms with E-state index in [1.54, 1.807) is 0 Å². The summed E-state index contributed by atoms with van der Waals surface area (Å²) in [4.78, 5) is 27.3. The number of hydrogen-bond acceptors (Lipinski definition) is 4. The number of para-hydroxylation sites is 1. The highest BCUT2D eigenvalue weighted by atomic mass is 19.4. The number of rotatable bonds is 1. The van der Waals surface area contributed by atoms with E-state index in [1.165, 1.54) is 17.7 Å². The number of allylic oxidation sites excluding steroid dienone is 3. The number of anilines is 1. The normalized spacial score (nSPS) is 23.0. The number of imide groups is 1. The van der Waals surface area contributed by atoms with E-state index in [-0.39, 0.29) is 0 Å². The summed E-state index contributed by atoms with van der Waals surface area (Å²) in [5, 5.41) is 9.20. The van der Waals surface area contributed by atoms with Crippen molar-refractivity contribution in [2.75, 3.05) is 18.5 Å². The Morgan fingerprint density at radius 1 is 1.16 bits per heavy atom. The highest BCUT2D eigenvalue weighted by Crippen LogP contribution is 2.51. The van der Waals surface area contributed by atoms with Gasteiger partial charge in [-0.15, -0.1) is 0 Å². The Hall–Kier alpha value is -3.34. The monoisotopic (exact) mass is 427 g/mol. The molecular weight excluding hydrogens is 407 g/mol. The smallest absolute Gasteiger partial charge is 0.344 e. The van der Waals surface area contributed by atoms with Crippen LogP contribution in [0.3, 0.4) is 0 Å². The Morgan fingerprint density at radius 3 is 2.52 bits per heavy atom. The Bertz CT molecular complexity index is 1150. The lowest BCUT2D eigenvalue weighted by molar-refractivity contribution is -0.141. The molecule has 0 aliphatic carbocycles. The van der Waals surface area contributed by atoms with E-state index in [2.05, 4.69) is 11.0 Å². The van der Waals surface area contributed by atoms with Crippen LogP contribution in [-0.2, 0) is 21.4 Å². The maximum absolute atomic E-state index is 13.8. The number of carbonyl (C=O) groups is 2. The van der Waals surface area contributed by atoms with E-state index in [4.69, 9.17) is 0 Å². The van der Waals surface area contributed by atoms with Gasteiger partial charge in [0, 0.05) is 30.4 Å². The quantitative estimate of drug-likeness (QED) is 0.503. The van der Waals surface area contributed by atoms with Crippen molar-refractivity contribution in [2.45, 2.75) is 38.3 Å². The van der Waals surface area contributed by atoms with Crippen molar-refractivity contribution in [3.05, 3.63) is 63.9 Å². The summed E-state index contributed by atoms with van der Waals surface area (Å²) in [6.45, 7) is 4.70.